The van der Waals surface area contributed by atoms with Crippen LogP contribution >= 0.6 is 23.5 Å². The van der Waals surface area contributed by atoms with Crippen molar-refractivity contribution < 1.29 is 14.3 Å². The zero-order valence-corrected chi connectivity index (χ0v) is 13.1. The number of methoxy groups -OCH3 is 1. The van der Waals surface area contributed by atoms with Gasteiger partial charge in [-0.3, -0.25) is 9.59 Å². The van der Waals surface area contributed by atoms with Gasteiger partial charge in [-0.05, 0) is 30.5 Å². The number of rotatable bonds is 3. The molecule has 0 aliphatic carbocycles. The molecule has 6 heteroatoms. The van der Waals surface area contributed by atoms with Crippen molar-refractivity contribution in [3.63, 3.8) is 0 Å². The lowest BCUT2D eigenvalue weighted by atomic mass is 10.2. The van der Waals surface area contributed by atoms with Crippen LogP contribution in [0.4, 0.5) is 0 Å². The van der Waals surface area contributed by atoms with E-state index in [0.29, 0.717) is 18.7 Å². The summed E-state index contributed by atoms with van der Waals surface area (Å²) in [6.07, 6.45) is 2.00. The zero-order chi connectivity index (χ0) is 14.5. The van der Waals surface area contributed by atoms with Gasteiger partial charge in [-0.1, -0.05) is 0 Å². The van der Waals surface area contributed by atoms with Crippen molar-refractivity contribution in [3.05, 3.63) is 29.8 Å². The molecular weight excluding hydrogens is 294 g/mol. The maximum atomic E-state index is 12.4. The summed E-state index contributed by atoms with van der Waals surface area (Å²) in [5, 5.41) is -0.275. The predicted octanol–water partition coefficient (Wildman–Crippen LogP) is 2.14. The highest BCUT2D eigenvalue weighted by Gasteiger charge is 2.29. The summed E-state index contributed by atoms with van der Waals surface area (Å²) in [6, 6.07) is 7.55. The number of carbonyl (C=O) groups excluding carboxylic acids is 2. The molecule has 1 atom stereocenters. The largest absolute Gasteiger partial charge is 0.468 e. The third-order valence-corrected chi connectivity index (χ3v) is 5.06. The van der Waals surface area contributed by atoms with E-state index in [0.717, 1.165) is 10.6 Å². The average Bonchev–Trinajstić information content (AvgIpc) is 2.53. The highest BCUT2D eigenvalue weighted by atomic mass is 32.2. The van der Waals surface area contributed by atoms with Crippen LogP contribution in [0.15, 0.2) is 29.2 Å². The third kappa shape index (κ3) is 3.49. The smallest absolute Gasteiger partial charge is 0.320 e. The predicted molar refractivity (Wildman–Crippen MR) is 82.4 cm³/mol. The topological polar surface area (TPSA) is 46.6 Å². The Kier molecular flexibility index (Phi) is 5.37. The highest BCUT2D eigenvalue weighted by Crippen LogP contribution is 2.22. The molecule has 1 aliphatic rings. The van der Waals surface area contributed by atoms with Gasteiger partial charge in [0.25, 0.3) is 5.91 Å². The van der Waals surface area contributed by atoms with E-state index in [1.54, 1.807) is 28.4 Å². The first-order valence-electron chi connectivity index (χ1n) is 6.28. The van der Waals surface area contributed by atoms with Gasteiger partial charge in [-0.15, -0.1) is 23.5 Å². The molecule has 0 unspecified atom stereocenters. The van der Waals surface area contributed by atoms with Crippen LogP contribution in [0.5, 0.6) is 0 Å². The van der Waals surface area contributed by atoms with Crippen LogP contribution < -0.4 is 0 Å². The Bertz CT molecular complexity index is 490. The molecule has 4 nitrogen and oxygen atoms in total. The molecular formula is C14H17NO3S2. The molecule has 20 heavy (non-hydrogen) atoms. The lowest BCUT2D eigenvalue weighted by molar-refractivity contribution is -0.140. The van der Waals surface area contributed by atoms with Crippen LogP contribution in [0.3, 0.4) is 0 Å². The number of hydrogen-bond acceptors (Lipinski definition) is 5. The van der Waals surface area contributed by atoms with Gasteiger partial charge in [-0.2, -0.15) is 0 Å². The maximum Gasteiger partial charge on any atom is 0.320 e. The molecule has 0 saturated carbocycles. The maximum absolute atomic E-state index is 12.4. The Morgan fingerprint density at radius 1 is 1.35 bits per heavy atom. The fourth-order valence-corrected chi connectivity index (χ4v) is 3.56. The normalized spacial score (nSPS) is 18.7. The molecule has 108 valence electrons. The third-order valence-electron chi connectivity index (χ3n) is 3.15. The Labute approximate surface area is 127 Å². The summed E-state index contributed by atoms with van der Waals surface area (Å²) in [5.74, 6) is 0.478. The van der Waals surface area contributed by atoms with E-state index in [-0.39, 0.29) is 17.1 Å². The van der Waals surface area contributed by atoms with Gasteiger partial charge < -0.3 is 9.64 Å². The quantitative estimate of drug-likeness (QED) is 0.632. The van der Waals surface area contributed by atoms with Crippen molar-refractivity contribution in [2.24, 2.45) is 0 Å². The number of esters is 1. The molecule has 2 rings (SSSR count). The van der Waals surface area contributed by atoms with E-state index in [1.807, 2.05) is 30.5 Å². The van der Waals surface area contributed by atoms with Crippen LogP contribution in [0, 0.1) is 0 Å². The van der Waals surface area contributed by atoms with Crippen molar-refractivity contribution >= 4 is 35.4 Å². The lowest BCUT2D eigenvalue weighted by Gasteiger charge is -2.31. The van der Waals surface area contributed by atoms with Crippen LogP contribution in [0.25, 0.3) is 0 Å². The number of nitrogens with zero attached hydrogens (tertiary/aromatic N) is 1. The van der Waals surface area contributed by atoms with Crippen LogP contribution in [-0.4, -0.2) is 54.2 Å². The van der Waals surface area contributed by atoms with Crippen LogP contribution in [0.2, 0.25) is 0 Å². The van der Waals surface area contributed by atoms with Crippen LogP contribution in [0.1, 0.15) is 10.4 Å². The monoisotopic (exact) mass is 311 g/mol. The van der Waals surface area contributed by atoms with Gasteiger partial charge in [0.05, 0.1) is 7.11 Å². The second kappa shape index (κ2) is 7.04. The molecule has 1 saturated heterocycles. The number of thioether (sulfide) groups is 2. The number of benzene rings is 1. The van der Waals surface area contributed by atoms with Gasteiger partial charge in [0.15, 0.2) is 0 Å². The highest BCUT2D eigenvalue weighted by molar-refractivity contribution is 8.00. The minimum absolute atomic E-state index is 0.0214. The second-order valence-electron chi connectivity index (χ2n) is 4.36. The fourth-order valence-electron chi connectivity index (χ4n) is 2.02. The first kappa shape index (κ1) is 15.3. The van der Waals surface area contributed by atoms with E-state index >= 15 is 0 Å². The number of amides is 1. The Balaban J connectivity index is 2.05. The van der Waals surface area contributed by atoms with E-state index in [4.69, 9.17) is 4.74 Å². The van der Waals surface area contributed by atoms with Gasteiger partial charge in [-0.25, -0.2) is 0 Å². The molecule has 0 aromatic heterocycles. The summed E-state index contributed by atoms with van der Waals surface area (Å²) in [4.78, 5) is 26.8. The Hall–Kier alpha value is -1.14. The van der Waals surface area contributed by atoms with Crippen LogP contribution in [-0.2, 0) is 9.53 Å². The van der Waals surface area contributed by atoms with Crippen molar-refractivity contribution in [2.75, 3.05) is 32.2 Å². The summed E-state index contributed by atoms with van der Waals surface area (Å²) in [7, 11) is 1.38. The number of hydrogen-bond donors (Lipinski definition) is 0. The number of carbonyl (C=O) groups is 2. The van der Waals surface area contributed by atoms with E-state index in [1.165, 1.54) is 7.11 Å². The summed E-state index contributed by atoms with van der Waals surface area (Å²) >= 11 is 3.19. The molecule has 1 aromatic carbocycles. The average molecular weight is 311 g/mol. The SMILES string of the molecule is COC(=O)[C@@H]1CN(C(=O)c2ccc(SC)cc2)CCS1. The first-order valence-corrected chi connectivity index (χ1v) is 8.56. The molecule has 1 fully saturated rings. The summed E-state index contributed by atoms with van der Waals surface area (Å²) in [5.41, 5.74) is 0.665. The molecule has 0 radical (unpaired) electrons. The van der Waals surface area contributed by atoms with Gasteiger partial charge in [0, 0.05) is 29.3 Å². The summed E-state index contributed by atoms with van der Waals surface area (Å²) in [6.45, 7) is 1.09. The molecule has 1 aromatic rings. The minimum Gasteiger partial charge on any atom is -0.468 e. The van der Waals surface area contributed by atoms with Crippen molar-refractivity contribution in [2.45, 2.75) is 10.1 Å². The fraction of sp³-hybridized carbons (Fsp3) is 0.429. The van der Waals surface area contributed by atoms with E-state index in [9.17, 15) is 9.59 Å². The van der Waals surface area contributed by atoms with Crippen molar-refractivity contribution in [3.8, 4) is 0 Å². The molecule has 0 N–H and O–H groups in total. The van der Waals surface area contributed by atoms with Crippen molar-refractivity contribution in [1.82, 2.24) is 4.90 Å². The standard InChI is InChI=1S/C14H17NO3S2/c1-18-14(17)12-9-15(7-8-20-12)13(16)10-3-5-11(19-2)6-4-10/h3-6,12H,7-9H2,1-2H3/t12-/m0/s1. The molecule has 0 bridgehead atoms. The molecule has 1 heterocycles. The van der Waals surface area contributed by atoms with E-state index in [2.05, 4.69) is 0 Å². The zero-order valence-electron chi connectivity index (χ0n) is 11.5. The summed E-state index contributed by atoms with van der Waals surface area (Å²) < 4.78 is 4.75. The lowest BCUT2D eigenvalue weighted by Crippen LogP contribution is -2.44. The number of ether oxygens (including phenoxy) is 1. The van der Waals surface area contributed by atoms with E-state index < -0.39 is 0 Å². The Morgan fingerprint density at radius 2 is 2.05 bits per heavy atom. The molecule has 1 aliphatic heterocycles. The first-order chi connectivity index (χ1) is 9.65. The molecule has 0 spiro atoms. The Morgan fingerprint density at radius 3 is 2.65 bits per heavy atom. The van der Waals surface area contributed by atoms with Gasteiger partial charge in [0.1, 0.15) is 5.25 Å². The van der Waals surface area contributed by atoms with Crippen molar-refractivity contribution in [1.29, 1.82) is 0 Å². The second-order valence-corrected chi connectivity index (χ2v) is 6.55. The minimum atomic E-state index is -0.275. The molecule has 1 amide bonds. The van der Waals surface area contributed by atoms with Gasteiger partial charge >= 0.3 is 5.97 Å². The van der Waals surface area contributed by atoms with Gasteiger partial charge in [0.2, 0.25) is 0 Å².